The van der Waals surface area contributed by atoms with E-state index in [9.17, 15) is 22.4 Å². The number of ketones is 1. The van der Waals surface area contributed by atoms with Crippen molar-refractivity contribution >= 4 is 21.7 Å². The molecule has 0 spiro atoms. The van der Waals surface area contributed by atoms with E-state index in [2.05, 4.69) is 10.0 Å². The molecule has 6 nitrogen and oxygen atoms in total. The molecule has 186 valence electrons. The monoisotopic (exact) mass is 506 g/mol. The van der Waals surface area contributed by atoms with Crippen LogP contribution >= 0.6 is 0 Å². The van der Waals surface area contributed by atoms with Crippen molar-refractivity contribution in [2.45, 2.75) is 48.6 Å². The molecule has 3 aliphatic carbocycles. The van der Waals surface area contributed by atoms with Gasteiger partial charge in [-0.3, -0.25) is 9.59 Å². The maximum absolute atomic E-state index is 13.3. The smallest absolute Gasteiger partial charge is 0.251 e. The Morgan fingerprint density at radius 2 is 1.53 bits per heavy atom. The molecule has 0 heterocycles. The van der Waals surface area contributed by atoms with Gasteiger partial charge in [0.1, 0.15) is 5.82 Å². The maximum atomic E-state index is 13.3. The van der Waals surface area contributed by atoms with E-state index in [0.29, 0.717) is 17.9 Å². The Morgan fingerprint density at radius 3 is 2.11 bits per heavy atom. The third-order valence-corrected chi connectivity index (χ3v) is 8.68. The maximum Gasteiger partial charge on any atom is 0.251 e. The SMILES string of the molecule is O=C(N[C@@H](Cc1ccccc1)C(=O)Cc1ccc(S(=O)(=O)NC23CC(C2)C3)cc1)c1ccc(F)cc1. The molecule has 0 radical (unpaired) electrons. The van der Waals surface area contributed by atoms with Gasteiger partial charge in [-0.1, -0.05) is 42.5 Å². The lowest BCUT2D eigenvalue weighted by Gasteiger charge is -2.61. The number of Topliss-reactive ketones (excluding diaryl/α,β-unsaturated/α-hetero) is 1. The number of nitrogens with one attached hydrogen (secondary N) is 2. The summed E-state index contributed by atoms with van der Waals surface area (Å²) in [4.78, 5) is 26.2. The van der Waals surface area contributed by atoms with Gasteiger partial charge in [0.25, 0.3) is 5.91 Å². The van der Waals surface area contributed by atoms with Crippen molar-refractivity contribution < 1.29 is 22.4 Å². The van der Waals surface area contributed by atoms with Gasteiger partial charge in [-0.25, -0.2) is 17.5 Å². The molecule has 2 bridgehead atoms. The van der Waals surface area contributed by atoms with E-state index in [0.717, 1.165) is 24.8 Å². The molecule has 3 aromatic carbocycles. The molecular weight excluding hydrogens is 479 g/mol. The lowest BCUT2D eigenvalue weighted by molar-refractivity contribution is -0.120. The lowest BCUT2D eigenvalue weighted by Crippen LogP contribution is -2.67. The molecule has 36 heavy (non-hydrogen) atoms. The highest BCUT2D eigenvalue weighted by Crippen LogP contribution is 2.57. The second-order valence-corrected chi connectivity index (χ2v) is 11.6. The van der Waals surface area contributed by atoms with Crippen molar-refractivity contribution in [2.75, 3.05) is 0 Å². The van der Waals surface area contributed by atoms with Crippen LogP contribution in [-0.2, 0) is 27.7 Å². The van der Waals surface area contributed by atoms with E-state index >= 15 is 0 Å². The fourth-order valence-corrected chi connectivity index (χ4v) is 6.43. The second-order valence-electron chi connectivity index (χ2n) is 9.87. The summed E-state index contributed by atoms with van der Waals surface area (Å²) in [5.41, 5.74) is 1.54. The topological polar surface area (TPSA) is 92.3 Å². The highest BCUT2D eigenvalue weighted by Gasteiger charge is 2.58. The third-order valence-electron chi connectivity index (χ3n) is 7.08. The van der Waals surface area contributed by atoms with Crippen molar-refractivity contribution in [1.29, 1.82) is 0 Å². The molecule has 0 saturated heterocycles. The van der Waals surface area contributed by atoms with Crippen molar-refractivity contribution in [3.05, 3.63) is 101 Å². The molecule has 2 N–H and O–H groups in total. The number of sulfonamides is 1. The van der Waals surface area contributed by atoms with Gasteiger partial charge in [-0.2, -0.15) is 0 Å². The predicted octanol–water partition coefficient (Wildman–Crippen LogP) is 3.81. The Labute approximate surface area is 210 Å². The molecule has 0 aromatic heterocycles. The molecule has 8 heteroatoms. The third kappa shape index (κ3) is 5.24. The van der Waals surface area contributed by atoms with Crippen LogP contribution in [0.2, 0.25) is 0 Å². The first kappa shape index (κ1) is 24.3. The van der Waals surface area contributed by atoms with E-state index in [4.69, 9.17) is 0 Å². The van der Waals surface area contributed by atoms with E-state index in [-0.39, 0.29) is 28.2 Å². The molecular formula is C28H27FN2O4S. The number of carbonyl (C=O) groups excluding carboxylic acids is 2. The van der Waals surface area contributed by atoms with Crippen LogP contribution in [0.4, 0.5) is 4.39 Å². The minimum Gasteiger partial charge on any atom is -0.342 e. The fourth-order valence-electron chi connectivity index (χ4n) is 5.00. The van der Waals surface area contributed by atoms with Crippen LogP contribution in [-0.4, -0.2) is 31.7 Å². The summed E-state index contributed by atoms with van der Waals surface area (Å²) in [7, 11) is -3.61. The van der Waals surface area contributed by atoms with Crippen molar-refractivity contribution in [3.8, 4) is 0 Å². The Morgan fingerprint density at radius 1 is 0.889 bits per heavy atom. The Balaban J connectivity index is 1.28. The van der Waals surface area contributed by atoms with Crippen LogP contribution in [0.3, 0.4) is 0 Å². The normalized spacial score (nSPS) is 21.1. The number of hydrogen-bond acceptors (Lipinski definition) is 4. The average molecular weight is 507 g/mol. The largest absolute Gasteiger partial charge is 0.342 e. The Hall–Kier alpha value is -3.36. The first-order chi connectivity index (χ1) is 17.2. The van der Waals surface area contributed by atoms with Gasteiger partial charge in [-0.05, 0) is 79.1 Å². The molecule has 3 aliphatic rings. The summed E-state index contributed by atoms with van der Waals surface area (Å²) in [5, 5.41) is 2.78. The zero-order valence-electron chi connectivity index (χ0n) is 19.6. The minimum absolute atomic E-state index is 0.0283. The Bertz CT molecular complexity index is 1360. The summed E-state index contributed by atoms with van der Waals surface area (Å²) in [5.74, 6) is -0.468. The summed E-state index contributed by atoms with van der Waals surface area (Å²) < 4.78 is 41.6. The van der Waals surface area contributed by atoms with Gasteiger partial charge in [0.05, 0.1) is 10.9 Å². The standard InChI is InChI=1S/C28H27FN2O4S/c29-23-10-8-22(9-11-23)27(33)30-25(14-19-4-2-1-3-5-19)26(32)15-20-6-12-24(13-7-20)36(34,35)31-28-16-21(17-28)18-28/h1-13,21,25,31H,14-18H2,(H,30,33)/t21?,25-,28?/m0/s1. The van der Waals surface area contributed by atoms with Gasteiger partial charge in [0.15, 0.2) is 5.78 Å². The summed E-state index contributed by atoms with van der Waals surface area (Å²) in [6, 6.07) is 20.0. The molecule has 0 unspecified atom stereocenters. The highest BCUT2D eigenvalue weighted by atomic mass is 32.2. The van der Waals surface area contributed by atoms with Crippen LogP contribution < -0.4 is 10.0 Å². The number of amides is 1. The predicted molar refractivity (Wildman–Crippen MR) is 133 cm³/mol. The van der Waals surface area contributed by atoms with Gasteiger partial charge in [0.2, 0.25) is 10.0 Å². The van der Waals surface area contributed by atoms with Gasteiger partial charge >= 0.3 is 0 Å². The number of carbonyl (C=O) groups is 2. The Kier molecular flexibility index (Phi) is 6.49. The first-order valence-electron chi connectivity index (χ1n) is 12.0. The average Bonchev–Trinajstić information content (AvgIpc) is 2.82. The van der Waals surface area contributed by atoms with Crippen molar-refractivity contribution in [3.63, 3.8) is 0 Å². The van der Waals surface area contributed by atoms with Crippen LogP contribution in [0.25, 0.3) is 0 Å². The van der Waals surface area contributed by atoms with Crippen LogP contribution in [0.15, 0.2) is 83.8 Å². The molecule has 3 aromatic rings. The van der Waals surface area contributed by atoms with E-state index in [1.165, 1.54) is 36.4 Å². The fraction of sp³-hybridized carbons (Fsp3) is 0.286. The van der Waals surface area contributed by atoms with Crippen molar-refractivity contribution in [2.24, 2.45) is 5.92 Å². The van der Waals surface area contributed by atoms with E-state index in [1.807, 2.05) is 30.3 Å². The highest BCUT2D eigenvalue weighted by molar-refractivity contribution is 7.89. The van der Waals surface area contributed by atoms with Gasteiger partial charge < -0.3 is 5.32 Å². The number of halogens is 1. The zero-order chi connectivity index (χ0) is 25.3. The zero-order valence-corrected chi connectivity index (χ0v) is 20.4. The molecule has 6 rings (SSSR count). The molecule has 1 atom stereocenters. The quantitative estimate of drug-likeness (QED) is 0.438. The van der Waals surface area contributed by atoms with Crippen LogP contribution in [0, 0.1) is 11.7 Å². The molecule has 0 aliphatic heterocycles. The number of hydrogen-bond donors (Lipinski definition) is 2. The van der Waals surface area contributed by atoms with Crippen LogP contribution in [0.5, 0.6) is 0 Å². The van der Waals surface area contributed by atoms with E-state index in [1.54, 1.807) is 12.1 Å². The minimum atomic E-state index is -3.61. The van der Waals surface area contributed by atoms with Gasteiger partial charge in [-0.15, -0.1) is 0 Å². The molecule has 3 fully saturated rings. The van der Waals surface area contributed by atoms with Gasteiger partial charge in [0, 0.05) is 17.5 Å². The van der Waals surface area contributed by atoms with Crippen LogP contribution in [0.1, 0.15) is 40.7 Å². The molecule has 1 amide bonds. The van der Waals surface area contributed by atoms with Crippen molar-refractivity contribution in [1.82, 2.24) is 10.0 Å². The second kappa shape index (κ2) is 9.59. The summed E-state index contributed by atoms with van der Waals surface area (Å²) in [6.45, 7) is 0. The lowest BCUT2D eigenvalue weighted by atomic mass is 9.50. The summed E-state index contributed by atoms with van der Waals surface area (Å²) >= 11 is 0. The molecule has 3 saturated carbocycles. The first-order valence-corrected chi connectivity index (χ1v) is 13.5. The number of rotatable bonds is 10. The van der Waals surface area contributed by atoms with E-state index < -0.39 is 27.8 Å². The summed E-state index contributed by atoms with van der Waals surface area (Å²) in [6.07, 6.45) is 3.05. The number of benzene rings is 3.